The van der Waals surface area contributed by atoms with Crippen molar-refractivity contribution in [3.8, 4) is 0 Å². The van der Waals surface area contributed by atoms with Gasteiger partial charge < -0.3 is 10.2 Å². The zero-order valence-corrected chi connectivity index (χ0v) is 12.4. The molecule has 2 N–H and O–H groups in total. The van der Waals surface area contributed by atoms with Crippen molar-refractivity contribution in [2.45, 2.75) is 96.5 Å². The molecule has 0 heterocycles. The molecule has 1 unspecified atom stereocenters. The lowest BCUT2D eigenvalue weighted by molar-refractivity contribution is 0.148. The maximum atomic E-state index is 9.68. The van der Waals surface area contributed by atoms with Crippen molar-refractivity contribution >= 4 is 0 Å². The van der Waals surface area contributed by atoms with Crippen LogP contribution >= 0.6 is 0 Å². The maximum absolute atomic E-state index is 9.68. The lowest BCUT2D eigenvalue weighted by Crippen LogP contribution is -2.05. The molecule has 0 aliphatic heterocycles. The van der Waals surface area contributed by atoms with Crippen molar-refractivity contribution in [2.24, 2.45) is 0 Å². The van der Waals surface area contributed by atoms with Crippen molar-refractivity contribution in [3.05, 3.63) is 0 Å². The molecular weight excluding hydrogens is 224 g/mol. The van der Waals surface area contributed by atoms with Gasteiger partial charge >= 0.3 is 0 Å². The Morgan fingerprint density at radius 2 is 1.11 bits per heavy atom. The van der Waals surface area contributed by atoms with Crippen LogP contribution in [0.15, 0.2) is 0 Å². The molecule has 0 saturated carbocycles. The van der Waals surface area contributed by atoms with E-state index in [0.717, 1.165) is 25.7 Å². The highest BCUT2D eigenvalue weighted by molar-refractivity contribution is 4.56. The summed E-state index contributed by atoms with van der Waals surface area (Å²) >= 11 is 0. The molecule has 0 rings (SSSR count). The van der Waals surface area contributed by atoms with Crippen LogP contribution in [0.4, 0.5) is 0 Å². The molecule has 0 bridgehead atoms. The Morgan fingerprint density at radius 3 is 1.61 bits per heavy atom. The van der Waals surface area contributed by atoms with Gasteiger partial charge in [-0.1, -0.05) is 71.1 Å². The lowest BCUT2D eigenvalue weighted by atomic mass is 10.0. The first-order chi connectivity index (χ1) is 8.81. The molecule has 1 atom stereocenters. The van der Waals surface area contributed by atoms with Crippen molar-refractivity contribution in [1.29, 1.82) is 0 Å². The zero-order valence-electron chi connectivity index (χ0n) is 12.4. The van der Waals surface area contributed by atoms with E-state index in [9.17, 15) is 5.11 Å². The van der Waals surface area contributed by atoms with Crippen molar-refractivity contribution in [1.82, 2.24) is 0 Å². The molecule has 110 valence electrons. The number of aliphatic hydroxyl groups excluding tert-OH is 2. The van der Waals surface area contributed by atoms with Crippen LogP contribution in [0.3, 0.4) is 0 Å². The Labute approximate surface area is 114 Å². The van der Waals surface area contributed by atoms with E-state index < -0.39 is 0 Å². The Bertz CT molecular complexity index is 148. The maximum Gasteiger partial charge on any atom is 0.0540 e. The molecule has 0 aromatic heterocycles. The van der Waals surface area contributed by atoms with E-state index in [2.05, 4.69) is 6.92 Å². The average Bonchev–Trinajstić information content (AvgIpc) is 2.38. The lowest BCUT2D eigenvalue weighted by Gasteiger charge is -2.09. The SMILES string of the molecule is CCCCC(O)CCCCCCCCCCCO. The largest absolute Gasteiger partial charge is 0.396 e. The fourth-order valence-electron chi connectivity index (χ4n) is 2.31. The van der Waals surface area contributed by atoms with Crippen LogP contribution in [0, 0.1) is 0 Å². The fraction of sp³-hybridized carbons (Fsp3) is 1.00. The van der Waals surface area contributed by atoms with E-state index in [1.54, 1.807) is 0 Å². The van der Waals surface area contributed by atoms with Gasteiger partial charge in [-0.05, 0) is 19.3 Å². The highest BCUT2D eigenvalue weighted by Gasteiger charge is 2.02. The van der Waals surface area contributed by atoms with Gasteiger partial charge in [0.05, 0.1) is 6.10 Å². The first-order valence-electron chi connectivity index (χ1n) is 8.10. The van der Waals surface area contributed by atoms with Crippen molar-refractivity contribution in [2.75, 3.05) is 6.61 Å². The molecule has 0 fully saturated rings. The predicted molar refractivity (Wildman–Crippen MR) is 78.8 cm³/mol. The van der Waals surface area contributed by atoms with Crippen LogP contribution in [0.1, 0.15) is 90.4 Å². The molecule has 0 saturated heterocycles. The fourth-order valence-corrected chi connectivity index (χ4v) is 2.31. The third-order valence-electron chi connectivity index (χ3n) is 3.59. The molecule has 0 spiro atoms. The quantitative estimate of drug-likeness (QED) is 0.452. The summed E-state index contributed by atoms with van der Waals surface area (Å²) in [6, 6.07) is 0. The minimum Gasteiger partial charge on any atom is -0.396 e. The molecule has 18 heavy (non-hydrogen) atoms. The summed E-state index contributed by atoms with van der Waals surface area (Å²) in [4.78, 5) is 0. The van der Waals surface area contributed by atoms with E-state index in [1.807, 2.05) is 0 Å². The van der Waals surface area contributed by atoms with Gasteiger partial charge in [0, 0.05) is 6.61 Å². The number of aliphatic hydroxyl groups is 2. The number of hydrogen-bond acceptors (Lipinski definition) is 2. The topological polar surface area (TPSA) is 40.5 Å². The predicted octanol–water partition coefficient (Wildman–Crippen LogP) is 4.43. The first kappa shape index (κ1) is 17.9. The standard InChI is InChI=1S/C16H34O2/c1-2-3-13-16(18)14-11-9-7-5-4-6-8-10-12-15-17/h16-18H,2-15H2,1H3. The molecule has 0 aromatic carbocycles. The number of hydrogen-bond donors (Lipinski definition) is 2. The van der Waals surface area contributed by atoms with Gasteiger partial charge in [0.2, 0.25) is 0 Å². The second-order valence-corrected chi connectivity index (χ2v) is 5.49. The summed E-state index contributed by atoms with van der Waals surface area (Å²) in [5, 5.41) is 18.3. The second-order valence-electron chi connectivity index (χ2n) is 5.49. The van der Waals surface area contributed by atoms with E-state index in [0.29, 0.717) is 6.61 Å². The monoisotopic (exact) mass is 258 g/mol. The summed E-state index contributed by atoms with van der Waals surface area (Å²) in [7, 11) is 0. The van der Waals surface area contributed by atoms with Crippen LogP contribution in [0.5, 0.6) is 0 Å². The minimum absolute atomic E-state index is 0.0524. The average molecular weight is 258 g/mol. The normalized spacial score (nSPS) is 12.8. The van der Waals surface area contributed by atoms with Gasteiger partial charge in [-0.2, -0.15) is 0 Å². The van der Waals surface area contributed by atoms with E-state index in [4.69, 9.17) is 5.11 Å². The van der Waals surface area contributed by atoms with Crippen LogP contribution in [-0.4, -0.2) is 22.9 Å². The van der Waals surface area contributed by atoms with Gasteiger partial charge in [0.25, 0.3) is 0 Å². The molecule has 0 aliphatic rings. The van der Waals surface area contributed by atoms with E-state index >= 15 is 0 Å². The third kappa shape index (κ3) is 14.0. The van der Waals surface area contributed by atoms with E-state index in [1.165, 1.54) is 57.8 Å². The smallest absolute Gasteiger partial charge is 0.0540 e. The molecule has 2 nitrogen and oxygen atoms in total. The minimum atomic E-state index is -0.0524. The molecule has 2 heteroatoms. The first-order valence-corrected chi connectivity index (χ1v) is 8.10. The Kier molecular flexibility index (Phi) is 14.9. The Morgan fingerprint density at radius 1 is 0.667 bits per heavy atom. The summed E-state index contributed by atoms with van der Waals surface area (Å²) in [6.45, 7) is 2.52. The highest BCUT2D eigenvalue weighted by Crippen LogP contribution is 2.13. The number of unbranched alkanes of at least 4 members (excludes halogenated alkanes) is 9. The molecule has 0 amide bonds. The Balaban J connectivity index is 3.02. The second kappa shape index (κ2) is 15.0. The van der Waals surface area contributed by atoms with Crippen molar-refractivity contribution in [3.63, 3.8) is 0 Å². The number of rotatable bonds is 14. The summed E-state index contributed by atoms with van der Waals surface area (Å²) < 4.78 is 0. The summed E-state index contributed by atoms with van der Waals surface area (Å²) in [6.07, 6.45) is 15.5. The highest BCUT2D eigenvalue weighted by atomic mass is 16.3. The molecule has 0 radical (unpaired) electrons. The van der Waals surface area contributed by atoms with E-state index in [-0.39, 0.29) is 6.10 Å². The van der Waals surface area contributed by atoms with Gasteiger partial charge in [0.15, 0.2) is 0 Å². The molecule has 0 aromatic rings. The summed E-state index contributed by atoms with van der Waals surface area (Å²) in [5.41, 5.74) is 0. The van der Waals surface area contributed by atoms with Gasteiger partial charge in [-0.25, -0.2) is 0 Å². The molecule has 0 aliphatic carbocycles. The van der Waals surface area contributed by atoms with Crippen LogP contribution in [-0.2, 0) is 0 Å². The van der Waals surface area contributed by atoms with Gasteiger partial charge in [-0.3, -0.25) is 0 Å². The van der Waals surface area contributed by atoms with Crippen molar-refractivity contribution < 1.29 is 10.2 Å². The van der Waals surface area contributed by atoms with Gasteiger partial charge in [-0.15, -0.1) is 0 Å². The van der Waals surface area contributed by atoms with Crippen LogP contribution in [0.2, 0.25) is 0 Å². The Hall–Kier alpha value is -0.0800. The van der Waals surface area contributed by atoms with Crippen LogP contribution in [0.25, 0.3) is 0 Å². The van der Waals surface area contributed by atoms with Gasteiger partial charge in [0.1, 0.15) is 0 Å². The zero-order chi connectivity index (χ0) is 13.5. The summed E-state index contributed by atoms with van der Waals surface area (Å²) in [5.74, 6) is 0. The van der Waals surface area contributed by atoms with Crippen LogP contribution < -0.4 is 0 Å². The third-order valence-corrected chi connectivity index (χ3v) is 3.59. The molecular formula is C16H34O2.